The standard InChI is InChI=1S/C21H27N3O2/c1-3-26-20-10-9-19(15-21(20)25-2)16-22-24-13-11-23(12-14-24)17-18-7-5-4-6-8-18/h4-10,15-16H,3,11-14,17H2,1-2H3/b22-16+. The molecule has 0 radical (unpaired) electrons. The fourth-order valence-electron chi connectivity index (χ4n) is 3.04. The smallest absolute Gasteiger partial charge is 0.161 e. The molecular weight excluding hydrogens is 326 g/mol. The van der Waals surface area contributed by atoms with Crippen LogP contribution >= 0.6 is 0 Å². The van der Waals surface area contributed by atoms with E-state index >= 15 is 0 Å². The highest BCUT2D eigenvalue weighted by molar-refractivity contribution is 5.80. The number of methoxy groups -OCH3 is 1. The summed E-state index contributed by atoms with van der Waals surface area (Å²) in [5.74, 6) is 1.50. The third-order valence-electron chi connectivity index (χ3n) is 4.46. The van der Waals surface area contributed by atoms with Crippen LogP contribution in [0.2, 0.25) is 0 Å². The first-order chi connectivity index (χ1) is 12.8. The van der Waals surface area contributed by atoms with E-state index in [1.807, 2.05) is 31.3 Å². The summed E-state index contributed by atoms with van der Waals surface area (Å²) >= 11 is 0. The quantitative estimate of drug-likeness (QED) is 0.716. The molecule has 0 unspecified atom stereocenters. The van der Waals surface area contributed by atoms with E-state index in [1.165, 1.54) is 5.56 Å². The first-order valence-corrected chi connectivity index (χ1v) is 9.14. The number of piperazine rings is 1. The van der Waals surface area contributed by atoms with Crippen molar-refractivity contribution in [2.45, 2.75) is 13.5 Å². The summed E-state index contributed by atoms with van der Waals surface area (Å²) in [5.41, 5.74) is 2.38. The predicted molar refractivity (Wildman–Crippen MR) is 105 cm³/mol. The summed E-state index contributed by atoms with van der Waals surface area (Å²) in [6, 6.07) is 16.5. The molecule has 1 fully saturated rings. The van der Waals surface area contributed by atoms with Crippen LogP contribution < -0.4 is 9.47 Å². The molecule has 1 aliphatic rings. The lowest BCUT2D eigenvalue weighted by atomic mass is 10.2. The molecule has 1 heterocycles. The van der Waals surface area contributed by atoms with Gasteiger partial charge in [-0.2, -0.15) is 5.10 Å². The van der Waals surface area contributed by atoms with Crippen molar-refractivity contribution in [2.75, 3.05) is 39.9 Å². The van der Waals surface area contributed by atoms with Crippen molar-refractivity contribution in [3.05, 3.63) is 59.7 Å². The second-order valence-electron chi connectivity index (χ2n) is 6.30. The molecule has 0 spiro atoms. The maximum atomic E-state index is 5.55. The van der Waals surface area contributed by atoms with Gasteiger partial charge in [0, 0.05) is 32.7 Å². The van der Waals surface area contributed by atoms with Gasteiger partial charge in [-0.25, -0.2) is 0 Å². The Morgan fingerprint density at radius 2 is 1.77 bits per heavy atom. The Labute approximate surface area is 155 Å². The van der Waals surface area contributed by atoms with E-state index in [0.717, 1.165) is 49.8 Å². The molecule has 5 nitrogen and oxygen atoms in total. The average Bonchev–Trinajstić information content (AvgIpc) is 2.69. The lowest BCUT2D eigenvalue weighted by Gasteiger charge is -2.33. The minimum Gasteiger partial charge on any atom is -0.493 e. The van der Waals surface area contributed by atoms with Crippen LogP contribution in [0.25, 0.3) is 0 Å². The van der Waals surface area contributed by atoms with Gasteiger partial charge in [-0.3, -0.25) is 9.91 Å². The van der Waals surface area contributed by atoms with E-state index in [4.69, 9.17) is 9.47 Å². The third-order valence-corrected chi connectivity index (χ3v) is 4.46. The molecule has 2 aromatic carbocycles. The van der Waals surface area contributed by atoms with Crippen LogP contribution in [-0.4, -0.2) is 56.0 Å². The van der Waals surface area contributed by atoms with Crippen molar-refractivity contribution in [1.82, 2.24) is 9.91 Å². The van der Waals surface area contributed by atoms with Gasteiger partial charge in [0.25, 0.3) is 0 Å². The molecule has 0 saturated carbocycles. The van der Waals surface area contributed by atoms with E-state index in [1.54, 1.807) is 7.11 Å². The third kappa shape index (κ3) is 4.99. The second-order valence-corrected chi connectivity index (χ2v) is 6.30. The number of ether oxygens (including phenoxy) is 2. The summed E-state index contributed by atoms with van der Waals surface area (Å²) in [4.78, 5) is 2.47. The van der Waals surface area contributed by atoms with Gasteiger partial charge in [0.15, 0.2) is 11.5 Å². The van der Waals surface area contributed by atoms with Gasteiger partial charge in [-0.15, -0.1) is 0 Å². The van der Waals surface area contributed by atoms with Crippen molar-refractivity contribution in [1.29, 1.82) is 0 Å². The summed E-state index contributed by atoms with van der Waals surface area (Å²) in [6.07, 6.45) is 1.89. The van der Waals surface area contributed by atoms with Gasteiger partial charge >= 0.3 is 0 Å². The number of hydrazone groups is 1. The Balaban J connectivity index is 1.52. The molecule has 1 saturated heterocycles. The highest BCUT2D eigenvalue weighted by Gasteiger charge is 2.15. The first-order valence-electron chi connectivity index (χ1n) is 9.14. The van der Waals surface area contributed by atoms with E-state index in [9.17, 15) is 0 Å². The maximum Gasteiger partial charge on any atom is 0.161 e. The summed E-state index contributed by atoms with van der Waals surface area (Å²) in [6.45, 7) is 7.53. The monoisotopic (exact) mass is 353 g/mol. The van der Waals surface area contributed by atoms with Crippen LogP contribution in [-0.2, 0) is 6.54 Å². The number of hydrogen-bond donors (Lipinski definition) is 0. The van der Waals surface area contributed by atoms with E-state index in [0.29, 0.717) is 6.61 Å². The fraction of sp³-hybridized carbons (Fsp3) is 0.381. The predicted octanol–water partition coefficient (Wildman–Crippen LogP) is 3.25. The van der Waals surface area contributed by atoms with Crippen molar-refractivity contribution < 1.29 is 9.47 Å². The van der Waals surface area contributed by atoms with Gasteiger partial charge in [-0.05, 0) is 36.2 Å². The second kappa shape index (κ2) is 9.25. The van der Waals surface area contributed by atoms with Gasteiger partial charge in [0.2, 0.25) is 0 Å². The molecule has 1 aliphatic heterocycles. The van der Waals surface area contributed by atoms with Crippen molar-refractivity contribution >= 4 is 6.21 Å². The van der Waals surface area contributed by atoms with Crippen LogP contribution in [0, 0.1) is 0 Å². The van der Waals surface area contributed by atoms with Crippen LogP contribution in [0.4, 0.5) is 0 Å². The van der Waals surface area contributed by atoms with Gasteiger partial charge in [-0.1, -0.05) is 30.3 Å². The lowest BCUT2D eigenvalue weighted by Crippen LogP contribution is -2.43. The number of rotatable bonds is 7. The van der Waals surface area contributed by atoms with Gasteiger partial charge < -0.3 is 9.47 Å². The molecule has 3 rings (SSSR count). The number of hydrogen-bond acceptors (Lipinski definition) is 5. The summed E-state index contributed by atoms with van der Waals surface area (Å²) in [5, 5.41) is 6.76. The van der Waals surface area contributed by atoms with Crippen molar-refractivity contribution in [3.8, 4) is 11.5 Å². The normalized spacial score (nSPS) is 15.4. The minimum absolute atomic E-state index is 0.622. The Morgan fingerprint density at radius 3 is 2.46 bits per heavy atom. The summed E-state index contributed by atoms with van der Waals surface area (Å²) < 4.78 is 10.9. The first kappa shape index (κ1) is 18.3. The molecule has 26 heavy (non-hydrogen) atoms. The molecule has 0 aromatic heterocycles. The Morgan fingerprint density at radius 1 is 1.00 bits per heavy atom. The zero-order chi connectivity index (χ0) is 18.2. The van der Waals surface area contributed by atoms with Crippen molar-refractivity contribution in [2.24, 2.45) is 5.10 Å². The Hall–Kier alpha value is -2.53. The molecule has 138 valence electrons. The van der Waals surface area contributed by atoms with Gasteiger partial charge in [0.05, 0.1) is 19.9 Å². The van der Waals surface area contributed by atoms with Crippen molar-refractivity contribution in [3.63, 3.8) is 0 Å². The molecular formula is C21H27N3O2. The maximum absolute atomic E-state index is 5.55. The molecule has 5 heteroatoms. The topological polar surface area (TPSA) is 37.3 Å². The number of nitrogens with zero attached hydrogens (tertiary/aromatic N) is 3. The zero-order valence-corrected chi connectivity index (χ0v) is 15.6. The minimum atomic E-state index is 0.622. The zero-order valence-electron chi connectivity index (χ0n) is 15.6. The molecule has 0 bridgehead atoms. The van der Waals surface area contributed by atoms with Crippen LogP contribution in [0.3, 0.4) is 0 Å². The summed E-state index contributed by atoms with van der Waals surface area (Å²) in [7, 11) is 1.66. The lowest BCUT2D eigenvalue weighted by molar-refractivity contribution is 0.131. The number of benzene rings is 2. The highest BCUT2D eigenvalue weighted by Crippen LogP contribution is 2.27. The molecule has 0 N–H and O–H groups in total. The fourth-order valence-corrected chi connectivity index (χ4v) is 3.04. The Bertz CT molecular complexity index is 710. The Kier molecular flexibility index (Phi) is 6.50. The SMILES string of the molecule is CCOc1ccc(/C=N/N2CCN(Cc3ccccc3)CC2)cc1OC. The average molecular weight is 353 g/mol. The largest absolute Gasteiger partial charge is 0.493 e. The van der Waals surface area contributed by atoms with Crippen LogP contribution in [0.15, 0.2) is 53.6 Å². The highest BCUT2D eigenvalue weighted by atomic mass is 16.5. The molecule has 0 amide bonds. The molecule has 0 atom stereocenters. The van der Waals surface area contributed by atoms with Crippen LogP contribution in [0.1, 0.15) is 18.1 Å². The van der Waals surface area contributed by atoms with E-state index < -0.39 is 0 Å². The molecule has 2 aromatic rings. The van der Waals surface area contributed by atoms with E-state index in [2.05, 4.69) is 45.3 Å². The van der Waals surface area contributed by atoms with E-state index in [-0.39, 0.29) is 0 Å². The molecule has 0 aliphatic carbocycles. The van der Waals surface area contributed by atoms with Gasteiger partial charge in [0.1, 0.15) is 0 Å². The van der Waals surface area contributed by atoms with Crippen LogP contribution in [0.5, 0.6) is 11.5 Å².